The van der Waals surface area contributed by atoms with Gasteiger partial charge in [0.05, 0.1) is 32.2 Å². The molecule has 2 rings (SSSR count). The SMILES string of the molecule is CC(C)(N)CC(=O)NC(COCc1ccccc1)c1nnnn1CCC#N. The Morgan fingerprint density at radius 1 is 1.41 bits per heavy atom. The number of ether oxygens (including phenoxy) is 1. The van der Waals surface area contributed by atoms with Crippen LogP contribution < -0.4 is 11.1 Å². The number of carbonyl (C=O) groups excluding carboxylic acids is 1. The molecule has 0 radical (unpaired) electrons. The van der Waals surface area contributed by atoms with E-state index in [1.165, 1.54) is 4.68 Å². The molecule has 0 aliphatic carbocycles. The van der Waals surface area contributed by atoms with Crippen LogP contribution in [0.4, 0.5) is 0 Å². The molecule has 1 amide bonds. The van der Waals surface area contributed by atoms with Gasteiger partial charge in [0.2, 0.25) is 5.91 Å². The lowest BCUT2D eigenvalue weighted by molar-refractivity contribution is -0.123. The van der Waals surface area contributed by atoms with E-state index in [4.69, 9.17) is 15.7 Å². The first-order chi connectivity index (χ1) is 12.9. The van der Waals surface area contributed by atoms with Crippen LogP contribution in [0, 0.1) is 11.3 Å². The van der Waals surface area contributed by atoms with Crippen molar-refractivity contribution < 1.29 is 9.53 Å². The molecule has 0 fully saturated rings. The first kappa shape index (κ1) is 20.5. The zero-order valence-electron chi connectivity index (χ0n) is 15.6. The summed E-state index contributed by atoms with van der Waals surface area (Å²) in [6.45, 7) is 4.50. The zero-order chi connectivity index (χ0) is 19.7. The average Bonchev–Trinajstić information content (AvgIpc) is 3.07. The second kappa shape index (κ2) is 9.75. The third-order valence-electron chi connectivity index (χ3n) is 3.65. The van der Waals surface area contributed by atoms with Crippen molar-refractivity contribution in [2.75, 3.05) is 6.61 Å². The smallest absolute Gasteiger partial charge is 0.222 e. The molecule has 9 nitrogen and oxygen atoms in total. The highest BCUT2D eigenvalue weighted by atomic mass is 16.5. The van der Waals surface area contributed by atoms with Crippen molar-refractivity contribution in [2.24, 2.45) is 5.73 Å². The van der Waals surface area contributed by atoms with Crippen molar-refractivity contribution in [3.63, 3.8) is 0 Å². The van der Waals surface area contributed by atoms with Gasteiger partial charge in [0, 0.05) is 12.0 Å². The fourth-order valence-electron chi connectivity index (χ4n) is 2.49. The molecule has 1 atom stereocenters. The van der Waals surface area contributed by atoms with Crippen LogP contribution >= 0.6 is 0 Å². The van der Waals surface area contributed by atoms with Crippen molar-refractivity contribution in [1.29, 1.82) is 5.26 Å². The molecule has 0 aliphatic heterocycles. The third-order valence-corrected chi connectivity index (χ3v) is 3.65. The molecule has 9 heteroatoms. The van der Waals surface area contributed by atoms with E-state index in [9.17, 15) is 4.79 Å². The van der Waals surface area contributed by atoms with Gasteiger partial charge in [0.15, 0.2) is 5.82 Å². The summed E-state index contributed by atoms with van der Waals surface area (Å²) in [5, 5.41) is 23.3. The lowest BCUT2D eigenvalue weighted by Gasteiger charge is -2.22. The molecular weight excluding hydrogens is 346 g/mol. The van der Waals surface area contributed by atoms with Gasteiger partial charge in [-0.05, 0) is 29.8 Å². The number of hydrogen-bond acceptors (Lipinski definition) is 7. The minimum Gasteiger partial charge on any atom is -0.374 e. The number of aryl methyl sites for hydroxylation is 1. The summed E-state index contributed by atoms with van der Waals surface area (Å²) in [6.07, 6.45) is 0.418. The van der Waals surface area contributed by atoms with E-state index in [1.54, 1.807) is 13.8 Å². The molecule has 144 valence electrons. The number of rotatable bonds is 10. The van der Waals surface area contributed by atoms with Crippen LogP contribution in [0.25, 0.3) is 0 Å². The molecule has 0 saturated heterocycles. The van der Waals surface area contributed by atoms with Crippen molar-refractivity contribution in [1.82, 2.24) is 25.5 Å². The van der Waals surface area contributed by atoms with Gasteiger partial charge in [-0.25, -0.2) is 4.68 Å². The molecule has 2 aromatic rings. The molecule has 1 aromatic carbocycles. The first-order valence-electron chi connectivity index (χ1n) is 8.72. The van der Waals surface area contributed by atoms with E-state index in [0.717, 1.165) is 5.56 Å². The van der Waals surface area contributed by atoms with Gasteiger partial charge in [-0.3, -0.25) is 4.79 Å². The molecule has 0 aliphatic rings. The highest BCUT2D eigenvalue weighted by molar-refractivity contribution is 5.77. The van der Waals surface area contributed by atoms with E-state index in [2.05, 4.69) is 26.9 Å². The number of benzene rings is 1. The number of tetrazole rings is 1. The van der Waals surface area contributed by atoms with Gasteiger partial charge in [0.1, 0.15) is 6.04 Å². The normalized spacial score (nSPS) is 12.4. The van der Waals surface area contributed by atoms with Gasteiger partial charge in [0.25, 0.3) is 0 Å². The predicted molar refractivity (Wildman–Crippen MR) is 97.9 cm³/mol. The van der Waals surface area contributed by atoms with Crippen molar-refractivity contribution in [3.05, 3.63) is 41.7 Å². The number of nitrogens with one attached hydrogen (secondary N) is 1. The first-order valence-corrected chi connectivity index (χ1v) is 8.72. The number of aromatic nitrogens is 4. The number of hydrogen-bond donors (Lipinski definition) is 2. The average molecular weight is 371 g/mol. The number of nitrogens with zero attached hydrogens (tertiary/aromatic N) is 5. The maximum Gasteiger partial charge on any atom is 0.222 e. The van der Waals surface area contributed by atoms with Crippen molar-refractivity contribution in [3.8, 4) is 6.07 Å². The molecule has 3 N–H and O–H groups in total. The van der Waals surface area contributed by atoms with Crippen LogP contribution in [0.2, 0.25) is 0 Å². The summed E-state index contributed by atoms with van der Waals surface area (Å²) >= 11 is 0. The lowest BCUT2D eigenvalue weighted by Crippen LogP contribution is -2.41. The van der Waals surface area contributed by atoms with Gasteiger partial charge >= 0.3 is 0 Å². The number of amides is 1. The lowest BCUT2D eigenvalue weighted by atomic mass is 10.0. The minimum atomic E-state index is -0.633. The fourth-order valence-corrected chi connectivity index (χ4v) is 2.49. The van der Waals surface area contributed by atoms with Gasteiger partial charge in [-0.2, -0.15) is 5.26 Å². The Labute approximate surface area is 158 Å². The van der Waals surface area contributed by atoms with Crippen molar-refractivity contribution in [2.45, 2.75) is 51.4 Å². The van der Waals surface area contributed by atoms with E-state index < -0.39 is 11.6 Å². The zero-order valence-corrected chi connectivity index (χ0v) is 15.6. The Hall–Kier alpha value is -2.83. The quantitative estimate of drug-likeness (QED) is 0.639. The fraction of sp³-hybridized carbons (Fsp3) is 0.500. The van der Waals surface area contributed by atoms with E-state index in [-0.39, 0.29) is 25.4 Å². The van der Waals surface area contributed by atoms with Gasteiger partial charge in [-0.15, -0.1) is 5.10 Å². The minimum absolute atomic E-state index is 0.155. The summed E-state index contributed by atoms with van der Waals surface area (Å²) in [6, 6.07) is 11.2. The van der Waals surface area contributed by atoms with Crippen LogP contribution in [0.1, 0.15) is 44.1 Å². The summed E-state index contributed by atoms with van der Waals surface area (Å²) in [4.78, 5) is 12.3. The van der Waals surface area contributed by atoms with Crippen molar-refractivity contribution >= 4 is 5.91 Å². The Morgan fingerprint density at radius 3 is 2.81 bits per heavy atom. The molecule has 1 aromatic heterocycles. The Kier molecular flexibility index (Phi) is 7.40. The Balaban J connectivity index is 2.07. The molecule has 1 unspecified atom stereocenters. The van der Waals surface area contributed by atoms with Gasteiger partial charge < -0.3 is 15.8 Å². The Bertz CT molecular complexity index is 762. The van der Waals surface area contributed by atoms with Crippen LogP contribution in [0.3, 0.4) is 0 Å². The molecule has 0 saturated carbocycles. The maximum atomic E-state index is 12.3. The third kappa shape index (κ3) is 7.13. The molecule has 1 heterocycles. The number of carbonyl (C=O) groups is 1. The number of nitriles is 1. The van der Waals surface area contributed by atoms with Crippen LogP contribution in [-0.2, 0) is 22.7 Å². The second-order valence-corrected chi connectivity index (χ2v) is 6.95. The largest absolute Gasteiger partial charge is 0.374 e. The highest BCUT2D eigenvalue weighted by Gasteiger charge is 2.24. The highest BCUT2D eigenvalue weighted by Crippen LogP contribution is 2.13. The maximum absolute atomic E-state index is 12.3. The van der Waals surface area contributed by atoms with Crippen LogP contribution in [0.15, 0.2) is 30.3 Å². The predicted octanol–water partition coefficient (Wildman–Crippen LogP) is 1.09. The monoisotopic (exact) mass is 371 g/mol. The second-order valence-electron chi connectivity index (χ2n) is 6.95. The summed E-state index contributed by atoms with van der Waals surface area (Å²) in [5.41, 5.74) is 6.32. The Morgan fingerprint density at radius 2 is 2.15 bits per heavy atom. The van der Waals surface area contributed by atoms with Crippen LogP contribution in [-0.4, -0.2) is 38.3 Å². The molecule has 0 spiro atoms. The topological polar surface area (TPSA) is 132 Å². The number of nitrogens with two attached hydrogens (primary N) is 1. The van der Waals surface area contributed by atoms with E-state index in [1.807, 2.05) is 30.3 Å². The summed E-state index contributed by atoms with van der Waals surface area (Å²) in [7, 11) is 0. The van der Waals surface area contributed by atoms with Gasteiger partial charge in [-0.1, -0.05) is 30.3 Å². The van der Waals surface area contributed by atoms with E-state index >= 15 is 0 Å². The summed E-state index contributed by atoms with van der Waals surface area (Å²) in [5.74, 6) is 0.229. The molecule has 0 bridgehead atoms. The standard InChI is InChI=1S/C18H25N7O2/c1-18(2,20)11-16(26)21-15(13-27-12-14-7-4-3-5-8-14)17-22-23-24-25(17)10-6-9-19/h3-5,7-8,15H,6,10-13,20H2,1-2H3,(H,21,26). The summed E-state index contributed by atoms with van der Waals surface area (Å²) < 4.78 is 7.28. The molecule has 27 heavy (non-hydrogen) atoms. The van der Waals surface area contributed by atoms with Crippen LogP contribution in [0.5, 0.6) is 0 Å². The van der Waals surface area contributed by atoms with E-state index in [0.29, 0.717) is 19.0 Å². The molecular formula is C18H25N7O2.